The fraction of sp³-hybridized carbons (Fsp3) is 1.00. The molecule has 0 bridgehead atoms. The van der Waals surface area contributed by atoms with Crippen LogP contribution in [-0.2, 0) is 0 Å². The summed E-state index contributed by atoms with van der Waals surface area (Å²) < 4.78 is 0. The van der Waals surface area contributed by atoms with E-state index in [-0.39, 0.29) is 0 Å². The highest BCUT2D eigenvalue weighted by molar-refractivity contribution is 6.18. The molecular weight excluding hydrogens is 172 g/mol. The molecule has 2 nitrogen and oxygen atoms in total. The standard InChI is InChI=1S/C9H21ClN2/c1-4-9(8-10)11-6-5-7-12(2)3/h9,11H,4-8H2,1-3H3. The van der Waals surface area contributed by atoms with Crippen LogP contribution in [0.5, 0.6) is 0 Å². The van der Waals surface area contributed by atoms with Crippen LogP contribution in [-0.4, -0.2) is 44.0 Å². The summed E-state index contributed by atoms with van der Waals surface area (Å²) in [5.41, 5.74) is 0. The van der Waals surface area contributed by atoms with Gasteiger partial charge in [0.2, 0.25) is 0 Å². The summed E-state index contributed by atoms with van der Waals surface area (Å²) >= 11 is 5.74. The summed E-state index contributed by atoms with van der Waals surface area (Å²) in [6.45, 7) is 4.38. The summed E-state index contributed by atoms with van der Waals surface area (Å²) in [6.07, 6.45) is 2.31. The predicted molar refractivity (Wildman–Crippen MR) is 56.0 cm³/mol. The smallest absolute Gasteiger partial charge is 0.0377 e. The van der Waals surface area contributed by atoms with Crippen molar-refractivity contribution < 1.29 is 0 Å². The van der Waals surface area contributed by atoms with Crippen LogP contribution in [0.3, 0.4) is 0 Å². The lowest BCUT2D eigenvalue weighted by Crippen LogP contribution is -2.32. The number of rotatable bonds is 7. The van der Waals surface area contributed by atoms with Crippen LogP contribution in [0.15, 0.2) is 0 Å². The molecule has 0 aliphatic heterocycles. The molecule has 0 saturated heterocycles. The van der Waals surface area contributed by atoms with Gasteiger partial charge in [-0.25, -0.2) is 0 Å². The second kappa shape index (κ2) is 7.84. The highest BCUT2D eigenvalue weighted by atomic mass is 35.5. The average molecular weight is 193 g/mol. The first-order valence-electron chi connectivity index (χ1n) is 4.64. The minimum atomic E-state index is 0.494. The van der Waals surface area contributed by atoms with Gasteiger partial charge in [0.1, 0.15) is 0 Å². The predicted octanol–water partition coefficient (Wildman–Crippen LogP) is 1.55. The second-order valence-corrected chi connectivity index (χ2v) is 3.68. The molecule has 0 amide bonds. The lowest BCUT2D eigenvalue weighted by Gasteiger charge is -2.14. The number of nitrogens with one attached hydrogen (secondary N) is 1. The largest absolute Gasteiger partial charge is 0.313 e. The van der Waals surface area contributed by atoms with E-state index in [1.165, 1.54) is 6.42 Å². The third-order valence-electron chi connectivity index (χ3n) is 1.89. The van der Waals surface area contributed by atoms with Crippen LogP contribution < -0.4 is 5.32 Å². The fourth-order valence-electron chi connectivity index (χ4n) is 1.01. The van der Waals surface area contributed by atoms with Crippen molar-refractivity contribution in [3.05, 3.63) is 0 Å². The van der Waals surface area contributed by atoms with E-state index in [4.69, 9.17) is 11.6 Å². The summed E-state index contributed by atoms with van der Waals surface area (Å²) in [4.78, 5) is 2.20. The Morgan fingerprint density at radius 1 is 1.42 bits per heavy atom. The summed E-state index contributed by atoms with van der Waals surface area (Å²) in [6, 6.07) is 0.494. The van der Waals surface area contributed by atoms with E-state index in [2.05, 4.69) is 31.2 Å². The van der Waals surface area contributed by atoms with Crippen molar-refractivity contribution in [1.82, 2.24) is 10.2 Å². The maximum absolute atomic E-state index is 5.74. The van der Waals surface area contributed by atoms with E-state index in [0.717, 1.165) is 25.4 Å². The Balaban J connectivity index is 3.17. The van der Waals surface area contributed by atoms with Gasteiger partial charge < -0.3 is 10.2 Å². The molecule has 12 heavy (non-hydrogen) atoms. The van der Waals surface area contributed by atoms with Gasteiger partial charge in [-0.2, -0.15) is 0 Å². The Bertz CT molecular complexity index is 92.5. The molecule has 3 heteroatoms. The minimum absolute atomic E-state index is 0.494. The molecule has 0 spiro atoms. The van der Waals surface area contributed by atoms with Crippen molar-refractivity contribution in [3.63, 3.8) is 0 Å². The monoisotopic (exact) mass is 192 g/mol. The summed E-state index contributed by atoms with van der Waals surface area (Å²) in [7, 11) is 4.19. The fourth-order valence-corrected chi connectivity index (χ4v) is 1.34. The minimum Gasteiger partial charge on any atom is -0.313 e. The molecule has 1 N–H and O–H groups in total. The number of hydrogen-bond donors (Lipinski definition) is 1. The third-order valence-corrected chi connectivity index (χ3v) is 2.27. The van der Waals surface area contributed by atoms with Gasteiger partial charge in [-0.05, 0) is 40.0 Å². The van der Waals surface area contributed by atoms with Crippen molar-refractivity contribution in [3.8, 4) is 0 Å². The van der Waals surface area contributed by atoms with Crippen LogP contribution in [0, 0.1) is 0 Å². The Morgan fingerprint density at radius 2 is 2.08 bits per heavy atom. The zero-order valence-corrected chi connectivity index (χ0v) is 9.19. The van der Waals surface area contributed by atoms with Gasteiger partial charge in [-0.15, -0.1) is 11.6 Å². The SMILES string of the molecule is CCC(CCl)NCCCN(C)C. The molecule has 0 aromatic heterocycles. The molecule has 0 heterocycles. The van der Waals surface area contributed by atoms with E-state index in [1.807, 2.05) is 0 Å². The number of nitrogens with zero attached hydrogens (tertiary/aromatic N) is 1. The molecule has 1 atom stereocenters. The average Bonchev–Trinajstić information content (AvgIpc) is 2.04. The zero-order valence-electron chi connectivity index (χ0n) is 8.44. The molecule has 0 saturated carbocycles. The van der Waals surface area contributed by atoms with Crippen molar-refractivity contribution >= 4 is 11.6 Å². The van der Waals surface area contributed by atoms with Crippen LogP contribution >= 0.6 is 11.6 Å². The number of halogens is 1. The van der Waals surface area contributed by atoms with Crippen LogP contribution in [0.2, 0.25) is 0 Å². The van der Waals surface area contributed by atoms with Gasteiger partial charge in [-0.1, -0.05) is 6.92 Å². The molecule has 0 rings (SSSR count). The molecule has 0 fully saturated rings. The topological polar surface area (TPSA) is 15.3 Å². The van der Waals surface area contributed by atoms with Gasteiger partial charge in [0.15, 0.2) is 0 Å². The Labute approximate surface area is 81.3 Å². The van der Waals surface area contributed by atoms with Crippen LogP contribution in [0.1, 0.15) is 19.8 Å². The second-order valence-electron chi connectivity index (χ2n) is 3.37. The Hall–Kier alpha value is 0.210. The van der Waals surface area contributed by atoms with Crippen LogP contribution in [0.4, 0.5) is 0 Å². The summed E-state index contributed by atoms with van der Waals surface area (Å²) in [5.74, 6) is 0.721. The third kappa shape index (κ3) is 6.89. The van der Waals surface area contributed by atoms with E-state index in [0.29, 0.717) is 6.04 Å². The molecule has 1 unspecified atom stereocenters. The first kappa shape index (κ1) is 12.2. The zero-order chi connectivity index (χ0) is 9.40. The van der Waals surface area contributed by atoms with E-state index < -0.39 is 0 Å². The first-order chi connectivity index (χ1) is 5.70. The molecular formula is C9H21ClN2. The molecule has 74 valence electrons. The van der Waals surface area contributed by atoms with Gasteiger partial charge in [0.05, 0.1) is 0 Å². The van der Waals surface area contributed by atoms with Gasteiger partial charge >= 0.3 is 0 Å². The number of alkyl halides is 1. The van der Waals surface area contributed by atoms with Gasteiger partial charge in [0, 0.05) is 11.9 Å². The molecule has 0 aliphatic carbocycles. The van der Waals surface area contributed by atoms with E-state index in [9.17, 15) is 0 Å². The lowest BCUT2D eigenvalue weighted by atomic mass is 10.2. The lowest BCUT2D eigenvalue weighted by molar-refractivity contribution is 0.387. The molecule has 0 aliphatic rings. The number of hydrogen-bond acceptors (Lipinski definition) is 2. The Kier molecular flexibility index (Phi) is 7.98. The Morgan fingerprint density at radius 3 is 2.50 bits per heavy atom. The van der Waals surface area contributed by atoms with Gasteiger partial charge in [-0.3, -0.25) is 0 Å². The molecule has 0 aromatic carbocycles. The molecule has 0 aromatic rings. The highest BCUT2D eigenvalue weighted by Gasteiger charge is 2.01. The quantitative estimate of drug-likeness (QED) is 0.487. The van der Waals surface area contributed by atoms with Crippen molar-refractivity contribution in [2.45, 2.75) is 25.8 Å². The van der Waals surface area contributed by atoms with Crippen molar-refractivity contribution in [2.75, 3.05) is 33.1 Å². The first-order valence-corrected chi connectivity index (χ1v) is 5.18. The van der Waals surface area contributed by atoms with Gasteiger partial charge in [0.25, 0.3) is 0 Å². The maximum atomic E-state index is 5.74. The molecule has 0 radical (unpaired) electrons. The normalized spacial score (nSPS) is 13.8. The van der Waals surface area contributed by atoms with Crippen molar-refractivity contribution in [2.24, 2.45) is 0 Å². The maximum Gasteiger partial charge on any atom is 0.0377 e. The summed E-state index contributed by atoms with van der Waals surface area (Å²) in [5, 5.41) is 3.42. The van der Waals surface area contributed by atoms with Crippen LogP contribution in [0.25, 0.3) is 0 Å². The van der Waals surface area contributed by atoms with E-state index >= 15 is 0 Å². The van der Waals surface area contributed by atoms with Crippen molar-refractivity contribution in [1.29, 1.82) is 0 Å². The highest BCUT2D eigenvalue weighted by Crippen LogP contribution is 1.93. The van der Waals surface area contributed by atoms with E-state index in [1.54, 1.807) is 0 Å².